The van der Waals surface area contributed by atoms with Crippen molar-refractivity contribution in [1.82, 2.24) is 4.98 Å². The minimum Gasteiger partial charge on any atom is -0.383 e. The number of nitrogens with two attached hydrogens (primary N) is 1. The summed E-state index contributed by atoms with van der Waals surface area (Å²) in [5.74, 6) is 0.415. The van der Waals surface area contributed by atoms with E-state index in [1.54, 1.807) is 11.4 Å². The Morgan fingerprint density at radius 2 is 2.08 bits per heavy atom. The fourth-order valence-corrected chi connectivity index (χ4v) is 3.41. The second-order valence-corrected chi connectivity index (χ2v) is 6.82. The summed E-state index contributed by atoms with van der Waals surface area (Å²) in [6.45, 7) is 0. The first-order chi connectivity index (χ1) is 12.1. The molecule has 3 N–H and O–H groups in total. The van der Waals surface area contributed by atoms with Gasteiger partial charge in [0.15, 0.2) is 0 Å². The molecule has 0 saturated heterocycles. The number of hydrazone groups is 1. The number of nitrogen functional groups attached to an aromatic ring is 1. The highest BCUT2D eigenvalue weighted by molar-refractivity contribution is 7.99. The number of nitro benzene ring substituents is 1. The van der Waals surface area contributed by atoms with Crippen LogP contribution < -0.4 is 11.2 Å². The van der Waals surface area contributed by atoms with Crippen LogP contribution in [-0.2, 0) is 0 Å². The first-order valence-corrected chi connectivity index (χ1v) is 8.83. The second-order valence-electron chi connectivity index (χ2n) is 4.84. The Labute approximate surface area is 151 Å². The molecule has 7 nitrogen and oxygen atoms in total. The van der Waals surface area contributed by atoms with E-state index in [9.17, 15) is 10.1 Å². The summed E-state index contributed by atoms with van der Waals surface area (Å²) in [6, 6.07) is 14.5. The fraction of sp³-hybridized carbons (Fsp3) is 0. The molecule has 0 fully saturated rings. The van der Waals surface area contributed by atoms with Crippen LogP contribution in [0.1, 0.15) is 5.56 Å². The first kappa shape index (κ1) is 16.9. The molecule has 9 heteroatoms. The molecule has 0 aliphatic rings. The van der Waals surface area contributed by atoms with Crippen LogP contribution >= 0.6 is 23.1 Å². The zero-order valence-electron chi connectivity index (χ0n) is 12.8. The third-order valence-corrected chi connectivity index (χ3v) is 4.93. The maximum absolute atomic E-state index is 11.0. The Bertz CT molecular complexity index is 912. The number of hydrogen-bond donors (Lipinski definition) is 2. The SMILES string of the molecule is Nc1csc(NN=Cc2cc([N+](=O)[O-])ccc2Sc2ccccc2)n1. The zero-order valence-corrected chi connectivity index (χ0v) is 14.5. The number of aromatic nitrogens is 1. The molecule has 1 aromatic heterocycles. The average molecular weight is 371 g/mol. The van der Waals surface area contributed by atoms with Gasteiger partial charge in [0.1, 0.15) is 5.82 Å². The Morgan fingerprint density at radius 3 is 2.76 bits per heavy atom. The monoisotopic (exact) mass is 371 g/mol. The third kappa shape index (κ3) is 4.55. The molecule has 3 aromatic rings. The number of anilines is 2. The van der Waals surface area contributed by atoms with Crippen molar-refractivity contribution in [2.24, 2.45) is 5.10 Å². The molecule has 3 rings (SSSR count). The zero-order chi connectivity index (χ0) is 17.6. The van der Waals surface area contributed by atoms with Crippen molar-refractivity contribution in [3.05, 3.63) is 69.6 Å². The van der Waals surface area contributed by atoms with Crippen molar-refractivity contribution in [3.8, 4) is 0 Å². The molecule has 1 heterocycles. The van der Waals surface area contributed by atoms with Crippen LogP contribution in [0.25, 0.3) is 0 Å². The minimum absolute atomic E-state index is 0.0114. The van der Waals surface area contributed by atoms with Crippen LogP contribution in [-0.4, -0.2) is 16.1 Å². The summed E-state index contributed by atoms with van der Waals surface area (Å²) in [4.78, 5) is 16.5. The van der Waals surface area contributed by atoms with Gasteiger partial charge in [-0.25, -0.2) is 4.98 Å². The highest BCUT2D eigenvalue weighted by atomic mass is 32.2. The summed E-state index contributed by atoms with van der Waals surface area (Å²) in [5.41, 5.74) is 8.98. The lowest BCUT2D eigenvalue weighted by Crippen LogP contribution is -1.95. The predicted octanol–water partition coefficient (Wildman–Crippen LogP) is 4.23. The van der Waals surface area contributed by atoms with Gasteiger partial charge in [0, 0.05) is 32.9 Å². The van der Waals surface area contributed by atoms with E-state index in [4.69, 9.17) is 5.73 Å². The van der Waals surface area contributed by atoms with Gasteiger partial charge in [0.05, 0.1) is 11.1 Å². The molecule has 2 aromatic carbocycles. The molecule has 0 saturated carbocycles. The number of thiazole rings is 1. The van der Waals surface area contributed by atoms with Crippen LogP contribution in [0.4, 0.5) is 16.6 Å². The van der Waals surface area contributed by atoms with Gasteiger partial charge in [-0.3, -0.25) is 15.5 Å². The molecular weight excluding hydrogens is 358 g/mol. The lowest BCUT2D eigenvalue weighted by atomic mass is 10.2. The largest absolute Gasteiger partial charge is 0.383 e. The number of nitrogens with one attached hydrogen (secondary N) is 1. The standard InChI is InChI=1S/C16H13N5O2S2/c17-15-10-24-16(19-15)20-18-9-11-8-12(21(22)23)6-7-14(11)25-13-4-2-1-3-5-13/h1-10H,17H2,(H,19,20). The summed E-state index contributed by atoms with van der Waals surface area (Å²) >= 11 is 2.84. The van der Waals surface area contributed by atoms with E-state index in [1.165, 1.54) is 41.4 Å². The van der Waals surface area contributed by atoms with E-state index in [0.29, 0.717) is 16.5 Å². The van der Waals surface area contributed by atoms with Crippen LogP contribution in [0.5, 0.6) is 0 Å². The van der Waals surface area contributed by atoms with E-state index >= 15 is 0 Å². The smallest absolute Gasteiger partial charge is 0.270 e. The molecule has 0 amide bonds. The van der Waals surface area contributed by atoms with Crippen LogP contribution in [0.2, 0.25) is 0 Å². The number of benzene rings is 2. The molecule has 0 unspecified atom stereocenters. The highest BCUT2D eigenvalue weighted by Gasteiger charge is 2.11. The van der Waals surface area contributed by atoms with E-state index in [-0.39, 0.29) is 5.69 Å². The van der Waals surface area contributed by atoms with E-state index in [0.717, 1.165) is 9.79 Å². The summed E-state index contributed by atoms with van der Waals surface area (Å²) in [7, 11) is 0. The normalized spacial score (nSPS) is 10.9. The Hall–Kier alpha value is -2.91. The number of rotatable bonds is 6. The topological polar surface area (TPSA) is 106 Å². The van der Waals surface area contributed by atoms with Gasteiger partial charge >= 0.3 is 0 Å². The maximum atomic E-state index is 11.0. The molecule has 25 heavy (non-hydrogen) atoms. The number of nitrogens with zero attached hydrogens (tertiary/aromatic N) is 3. The molecule has 0 aliphatic heterocycles. The number of nitro groups is 1. The summed E-state index contributed by atoms with van der Waals surface area (Å²) < 4.78 is 0. The van der Waals surface area contributed by atoms with Crippen molar-refractivity contribution < 1.29 is 4.92 Å². The summed E-state index contributed by atoms with van der Waals surface area (Å²) in [5, 5.41) is 17.4. The van der Waals surface area contributed by atoms with Gasteiger partial charge < -0.3 is 5.73 Å². The van der Waals surface area contributed by atoms with E-state index < -0.39 is 4.92 Å². The molecule has 0 aliphatic carbocycles. The molecular formula is C16H13N5O2S2. The molecule has 0 spiro atoms. The first-order valence-electron chi connectivity index (χ1n) is 7.13. The van der Waals surface area contributed by atoms with Crippen LogP contribution in [0.3, 0.4) is 0 Å². The van der Waals surface area contributed by atoms with Gasteiger partial charge in [0.25, 0.3) is 5.69 Å². The Kier molecular flexibility index (Phi) is 5.26. The van der Waals surface area contributed by atoms with Gasteiger partial charge in [-0.2, -0.15) is 5.10 Å². The number of non-ortho nitro benzene ring substituents is 1. The third-order valence-electron chi connectivity index (χ3n) is 3.06. The highest BCUT2D eigenvalue weighted by Crippen LogP contribution is 2.31. The van der Waals surface area contributed by atoms with E-state index in [1.807, 2.05) is 30.3 Å². The Morgan fingerprint density at radius 1 is 1.28 bits per heavy atom. The van der Waals surface area contributed by atoms with Gasteiger partial charge in [-0.05, 0) is 18.2 Å². The molecule has 126 valence electrons. The van der Waals surface area contributed by atoms with Crippen LogP contribution in [0, 0.1) is 10.1 Å². The second kappa shape index (κ2) is 7.77. The lowest BCUT2D eigenvalue weighted by Gasteiger charge is -2.05. The van der Waals surface area contributed by atoms with Gasteiger partial charge in [0.2, 0.25) is 5.13 Å². The van der Waals surface area contributed by atoms with E-state index in [2.05, 4.69) is 15.5 Å². The molecule has 0 radical (unpaired) electrons. The average Bonchev–Trinajstić information content (AvgIpc) is 3.02. The van der Waals surface area contributed by atoms with Crippen molar-refractivity contribution in [3.63, 3.8) is 0 Å². The number of hydrogen-bond acceptors (Lipinski definition) is 8. The molecule has 0 bridgehead atoms. The lowest BCUT2D eigenvalue weighted by molar-refractivity contribution is -0.384. The quantitative estimate of drug-likeness (QED) is 0.381. The summed E-state index contributed by atoms with van der Waals surface area (Å²) in [6.07, 6.45) is 1.54. The minimum atomic E-state index is -0.427. The maximum Gasteiger partial charge on any atom is 0.270 e. The van der Waals surface area contributed by atoms with Gasteiger partial charge in [-0.15, -0.1) is 11.3 Å². The Balaban J connectivity index is 1.85. The van der Waals surface area contributed by atoms with Crippen molar-refractivity contribution in [2.45, 2.75) is 9.79 Å². The van der Waals surface area contributed by atoms with Gasteiger partial charge in [-0.1, -0.05) is 30.0 Å². The van der Waals surface area contributed by atoms with Crippen molar-refractivity contribution in [1.29, 1.82) is 0 Å². The van der Waals surface area contributed by atoms with Crippen molar-refractivity contribution in [2.75, 3.05) is 11.2 Å². The van der Waals surface area contributed by atoms with Crippen LogP contribution in [0.15, 0.2) is 68.8 Å². The fourth-order valence-electron chi connectivity index (χ4n) is 1.95. The van der Waals surface area contributed by atoms with Crippen molar-refractivity contribution >= 4 is 46.0 Å². The predicted molar refractivity (Wildman–Crippen MR) is 101 cm³/mol. The molecule has 0 atom stereocenters.